The quantitative estimate of drug-likeness (QED) is 0.816. The second-order valence-electron chi connectivity index (χ2n) is 3.80. The fraction of sp³-hybridized carbons (Fsp3) is 0.667. The summed E-state index contributed by atoms with van der Waals surface area (Å²) in [7, 11) is 0. The molecule has 1 aromatic heterocycles. The molecule has 0 amide bonds. The summed E-state index contributed by atoms with van der Waals surface area (Å²) in [6, 6.07) is 0.0812. The van der Waals surface area contributed by atoms with Crippen molar-refractivity contribution in [2.45, 2.75) is 38.9 Å². The number of hydrogen-bond donors (Lipinski definition) is 1. The molecule has 0 fully saturated rings. The van der Waals surface area contributed by atoms with E-state index in [9.17, 15) is 4.39 Å². The minimum atomic E-state index is -1.33. The molecule has 1 heterocycles. The highest BCUT2D eigenvalue weighted by Gasteiger charge is 2.22. The first-order chi connectivity index (χ1) is 5.89. The number of hydrogen-bond acceptors (Lipinski definition) is 3. The third-order valence-electron chi connectivity index (χ3n) is 1.59. The summed E-state index contributed by atoms with van der Waals surface area (Å²) in [5.41, 5.74) is 5.17. The number of alkyl halides is 1. The van der Waals surface area contributed by atoms with Crippen LogP contribution in [0.3, 0.4) is 0 Å². The molecule has 0 aliphatic heterocycles. The SMILES string of the molecule is CC(N)Cc1csc(C(C)(C)F)n1. The molecule has 0 bridgehead atoms. The largest absolute Gasteiger partial charge is 0.328 e. The van der Waals surface area contributed by atoms with Crippen molar-refractivity contribution in [2.75, 3.05) is 0 Å². The molecule has 1 aromatic rings. The topological polar surface area (TPSA) is 38.9 Å². The van der Waals surface area contributed by atoms with Crippen LogP contribution in [0.1, 0.15) is 31.5 Å². The molecule has 2 N–H and O–H groups in total. The summed E-state index contributed by atoms with van der Waals surface area (Å²) < 4.78 is 13.4. The van der Waals surface area contributed by atoms with Crippen LogP contribution in [0.5, 0.6) is 0 Å². The van der Waals surface area contributed by atoms with Gasteiger partial charge < -0.3 is 5.73 Å². The number of nitrogens with zero attached hydrogens (tertiary/aromatic N) is 1. The maximum absolute atomic E-state index is 13.4. The number of aromatic nitrogens is 1. The van der Waals surface area contributed by atoms with Gasteiger partial charge in [0.25, 0.3) is 0 Å². The first-order valence-corrected chi connectivity index (χ1v) is 5.17. The van der Waals surface area contributed by atoms with Gasteiger partial charge >= 0.3 is 0 Å². The zero-order valence-corrected chi connectivity index (χ0v) is 8.99. The van der Waals surface area contributed by atoms with Crippen molar-refractivity contribution in [1.82, 2.24) is 4.98 Å². The van der Waals surface area contributed by atoms with E-state index in [1.807, 2.05) is 12.3 Å². The van der Waals surface area contributed by atoms with Crippen LogP contribution >= 0.6 is 11.3 Å². The van der Waals surface area contributed by atoms with Gasteiger partial charge in [0.1, 0.15) is 5.01 Å². The van der Waals surface area contributed by atoms with Crippen molar-refractivity contribution in [3.8, 4) is 0 Å². The van der Waals surface area contributed by atoms with Crippen LogP contribution in [0.4, 0.5) is 4.39 Å². The maximum atomic E-state index is 13.4. The molecule has 74 valence electrons. The Morgan fingerprint density at radius 3 is 2.69 bits per heavy atom. The Hall–Kier alpha value is -0.480. The zero-order valence-electron chi connectivity index (χ0n) is 8.17. The van der Waals surface area contributed by atoms with E-state index in [0.717, 1.165) is 5.69 Å². The van der Waals surface area contributed by atoms with Gasteiger partial charge in [-0.25, -0.2) is 9.37 Å². The lowest BCUT2D eigenvalue weighted by atomic mass is 10.2. The fourth-order valence-electron chi connectivity index (χ4n) is 1.00. The number of nitrogens with two attached hydrogens (primary N) is 1. The van der Waals surface area contributed by atoms with Gasteiger partial charge in [-0.05, 0) is 20.8 Å². The Bertz CT molecular complexity index is 275. The molecule has 1 rings (SSSR count). The van der Waals surface area contributed by atoms with Crippen LogP contribution in [0.15, 0.2) is 5.38 Å². The standard InChI is InChI=1S/C9H15FN2S/c1-6(11)4-7-5-13-8(12-7)9(2,3)10/h5-6H,4,11H2,1-3H3. The first-order valence-electron chi connectivity index (χ1n) is 4.29. The second kappa shape index (κ2) is 3.72. The normalized spacial score (nSPS) is 14.5. The van der Waals surface area contributed by atoms with Crippen molar-refractivity contribution >= 4 is 11.3 Å². The molecule has 0 spiro atoms. The minimum absolute atomic E-state index is 0.0812. The molecule has 0 aliphatic carbocycles. The number of thiazole rings is 1. The van der Waals surface area contributed by atoms with E-state index in [-0.39, 0.29) is 6.04 Å². The molecule has 1 unspecified atom stereocenters. The predicted molar refractivity (Wildman–Crippen MR) is 53.6 cm³/mol. The molecule has 0 aliphatic rings. The van der Waals surface area contributed by atoms with Gasteiger partial charge in [-0.2, -0.15) is 0 Å². The monoisotopic (exact) mass is 202 g/mol. The summed E-state index contributed by atoms with van der Waals surface area (Å²) in [6.45, 7) is 4.95. The third-order valence-corrected chi connectivity index (χ3v) is 2.78. The molecule has 4 heteroatoms. The molecule has 0 saturated carbocycles. The molecule has 2 nitrogen and oxygen atoms in total. The van der Waals surface area contributed by atoms with E-state index in [2.05, 4.69) is 4.98 Å². The van der Waals surface area contributed by atoms with Crippen LogP contribution in [0.25, 0.3) is 0 Å². The molecular formula is C9H15FN2S. The van der Waals surface area contributed by atoms with Gasteiger partial charge in [0.2, 0.25) is 0 Å². The van der Waals surface area contributed by atoms with Gasteiger partial charge in [0.05, 0.1) is 5.69 Å². The van der Waals surface area contributed by atoms with Gasteiger partial charge in [-0.3, -0.25) is 0 Å². The molecule has 1 atom stereocenters. The average Bonchev–Trinajstić information content (AvgIpc) is 2.32. The average molecular weight is 202 g/mol. The third kappa shape index (κ3) is 3.04. The van der Waals surface area contributed by atoms with Gasteiger partial charge in [0, 0.05) is 17.8 Å². The molecular weight excluding hydrogens is 187 g/mol. The smallest absolute Gasteiger partial charge is 0.156 e. The number of rotatable bonds is 3. The Balaban J connectivity index is 2.75. The van der Waals surface area contributed by atoms with Crippen molar-refractivity contribution in [2.24, 2.45) is 5.73 Å². The van der Waals surface area contributed by atoms with Crippen LogP contribution in [-0.2, 0) is 12.1 Å². The number of halogens is 1. The summed E-state index contributed by atoms with van der Waals surface area (Å²) >= 11 is 1.36. The highest BCUT2D eigenvalue weighted by atomic mass is 32.1. The van der Waals surface area contributed by atoms with Gasteiger partial charge in [-0.15, -0.1) is 11.3 Å². The predicted octanol–water partition coefficient (Wildman–Crippen LogP) is 2.24. The van der Waals surface area contributed by atoms with E-state index in [0.29, 0.717) is 11.4 Å². The summed E-state index contributed by atoms with van der Waals surface area (Å²) in [5, 5.41) is 2.41. The second-order valence-corrected chi connectivity index (χ2v) is 4.66. The van der Waals surface area contributed by atoms with Crippen molar-refractivity contribution in [3.63, 3.8) is 0 Å². The maximum Gasteiger partial charge on any atom is 0.156 e. The van der Waals surface area contributed by atoms with E-state index >= 15 is 0 Å². The summed E-state index contributed by atoms with van der Waals surface area (Å²) in [6.07, 6.45) is 0.715. The zero-order chi connectivity index (χ0) is 10.1. The van der Waals surface area contributed by atoms with Crippen molar-refractivity contribution < 1.29 is 4.39 Å². The highest BCUT2D eigenvalue weighted by molar-refractivity contribution is 7.09. The van der Waals surface area contributed by atoms with Gasteiger partial charge in [-0.1, -0.05) is 0 Å². The first kappa shape index (κ1) is 10.6. The Labute approximate surface area is 82.0 Å². The lowest BCUT2D eigenvalue weighted by Gasteiger charge is -2.08. The van der Waals surface area contributed by atoms with E-state index in [1.54, 1.807) is 0 Å². The minimum Gasteiger partial charge on any atom is -0.328 e. The summed E-state index contributed by atoms with van der Waals surface area (Å²) in [5.74, 6) is 0. The Kier molecular flexibility index (Phi) is 3.03. The molecule has 0 saturated heterocycles. The lowest BCUT2D eigenvalue weighted by Crippen LogP contribution is -2.18. The molecule has 0 aromatic carbocycles. The lowest BCUT2D eigenvalue weighted by molar-refractivity contribution is 0.220. The van der Waals surface area contributed by atoms with Crippen molar-refractivity contribution in [3.05, 3.63) is 16.1 Å². The Morgan fingerprint density at radius 2 is 2.31 bits per heavy atom. The van der Waals surface area contributed by atoms with Gasteiger partial charge in [0.15, 0.2) is 5.67 Å². The van der Waals surface area contributed by atoms with E-state index in [4.69, 9.17) is 5.73 Å². The highest BCUT2D eigenvalue weighted by Crippen LogP contribution is 2.27. The summed E-state index contributed by atoms with van der Waals surface area (Å²) in [4.78, 5) is 4.19. The molecule has 0 radical (unpaired) electrons. The van der Waals surface area contributed by atoms with Crippen molar-refractivity contribution in [1.29, 1.82) is 0 Å². The molecule has 13 heavy (non-hydrogen) atoms. The van der Waals surface area contributed by atoms with E-state index in [1.165, 1.54) is 25.2 Å². The van der Waals surface area contributed by atoms with Crippen LogP contribution < -0.4 is 5.73 Å². The van der Waals surface area contributed by atoms with Crippen LogP contribution in [0, 0.1) is 0 Å². The fourth-order valence-corrected chi connectivity index (χ4v) is 1.85. The van der Waals surface area contributed by atoms with Crippen LogP contribution in [-0.4, -0.2) is 11.0 Å². The van der Waals surface area contributed by atoms with E-state index < -0.39 is 5.67 Å². The Morgan fingerprint density at radius 1 is 1.69 bits per heavy atom. The van der Waals surface area contributed by atoms with Crippen LogP contribution in [0.2, 0.25) is 0 Å².